The van der Waals surface area contributed by atoms with Gasteiger partial charge in [-0.1, -0.05) is 146 Å². The SMILES string of the molecule is c1ccc(-c2nc(-c3ccc4ccccc4c3)nc(-c3ccc4c(c3)oc3c(-c5ccccc5)ccc(-n5c6ccccc6c6cc7ccccc7cc65)c34)n2)cc1. The largest absolute Gasteiger partial charge is 0.455 e. The van der Waals surface area contributed by atoms with Gasteiger partial charge >= 0.3 is 0 Å². The Morgan fingerprint density at radius 2 is 0.948 bits per heavy atom. The molecule has 0 unspecified atom stereocenters. The topological polar surface area (TPSA) is 56.7 Å². The van der Waals surface area contributed by atoms with Gasteiger partial charge in [-0.05, 0) is 75.6 Å². The molecule has 3 heterocycles. The summed E-state index contributed by atoms with van der Waals surface area (Å²) in [6, 6.07) is 68.0. The van der Waals surface area contributed by atoms with E-state index < -0.39 is 0 Å². The molecule has 0 radical (unpaired) electrons. The molecule has 0 aliphatic heterocycles. The van der Waals surface area contributed by atoms with Gasteiger partial charge in [0.2, 0.25) is 0 Å². The van der Waals surface area contributed by atoms with E-state index in [1.165, 1.54) is 26.9 Å². The number of nitrogens with zero attached hydrogens (tertiary/aromatic N) is 4. The third-order valence-corrected chi connectivity index (χ3v) is 11.4. The van der Waals surface area contributed by atoms with Gasteiger partial charge < -0.3 is 8.98 Å². The zero-order chi connectivity index (χ0) is 38.2. The second kappa shape index (κ2) is 12.8. The molecule has 0 fully saturated rings. The molecule has 0 N–H and O–H groups in total. The van der Waals surface area contributed by atoms with Crippen LogP contribution in [-0.4, -0.2) is 19.5 Å². The van der Waals surface area contributed by atoms with Gasteiger partial charge in [-0.2, -0.15) is 0 Å². The molecule has 0 aliphatic rings. The third kappa shape index (κ3) is 5.14. The molecule has 0 aliphatic carbocycles. The molecule has 5 heteroatoms. The van der Waals surface area contributed by atoms with Crippen molar-refractivity contribution in [1.82, 2.24) is 19.5 Å². The predicted octanol–water partition coefficient (Wildman–Crippen LogP) is 13.8. The summed E-state index contributed by atoms with van der Waals surface area (Å²) in [5, 5.41) is 9.23. The zero-order valence-corrected chi connectivity index (χ0v) is 31.2. The van der Waals surface area contributed by atoms with Crippen molar-refractivity contribution in [3.63, 3.8) is 0 Å². The maximum absolute atomic E-state index is 7.03. The van der Waals surface area contributed by atoms with Crippen LogP contribution < -0.4 is 0 Å². The first kappa shape index (κ1) is 32.4. The van der Waals surface area contributed by atoms with Gasteiger partial charge in [0.15, 0.2) is 17.5 Å². The summed E-state index contributed by atoms with van der Waals surface area (Å²) in [7, 11) is 0. The predicted molar refractivity (Wildman–Crippen MR) is 238 cm³/mol. The molecule has 3 aromatic heterocycles. The molecule has 270 valence electrons. The van der Waals surface area contributed by atoms with Crippen LogP contribution in [0, 0.1) is 0 Å². The number of benzene rings is 9. The van der Waals surface area contributed by atoms with E-state index in [1.54, 1.807) is 0 Å². The van der Waals surface area contributed by atoms with Crippen molar-refractivity contribution in [2.75, 3.05) is 0 Å². The van der Waals surface area contributed by atoms with Crippen LogP contribution in [0.15, 0.2) is 199 Å². The molecule has 0 saturated carbocycles. The zero-order valence-electron chi connectivity index (χ0n) is 31.2. The quantitative estimate of drug-likeness (QED) is 0.176. The molecule has 0 bridgehead atoms. The summed E-state index contributed by atoms with van der Waals surface area (Å²) in [6.45, 7) is 0. The average molecular weight is 741 g/mol. The molecule has 12 rings (SSSR count). The number of hydrogen-bond donors (Lipinski definition) is 0. The van der Waals surface area contributed by atoms with E-state index in [0.29, 0.717) is 17.5 Å². The van der Waals surface area contributed by atoms with E-state index >= 15 is 0 Å². The molecule has 0 amide bonds. The number of hydrogen-bond acceptors (Lipinski definition) is 4. The first-order chi connectivity index (χ1) is 28.7. The van der Waals surface area contributed by atoms with E-state index in [4.69, 9.17) is 19.4 Å². The Hall–Kier alpha value is -7.89. The molecule has 5 nitrogen and oxygen atoms in total. The highest BCUT2D eigenvalue weighted by molar-refractivity contribution is 6.18. The van der Waals surface area contributed by atoms with Crippen molar-refractivity contribution in [2.45, 2.75) is 0 Å². The highest BCUT2D eigenvalue weighted by atomic mass is 16.3. The van der Waals surface area contributed by atoms with Crippen molar-refractivity contribution in [1.29, 1.82) is 0 Å². The fourth-order valence-electron chi connectivity index (χ4n) is 8.63. The molecule has 58 heavy (non-hydrogen) atoms. The van der Waals surface area contributed by atoms with E-state index in [1.807, 2.05) is 36.4 Å². The second-order valence-corrected chi connectivity index (χ2v) is 14.8. The van der Waals surface area contributed by atoms with Crippen molar-refractivity contribution in [2.24, 2.45) is 0 Å². The van der Waals surface area contributed by atoms with Crippen molar-refractivity contribution in [3.8, 4) is 51.0 Å². The van der Waals surface area contributed by atoms with Crippen LogP contribution in [0.1, 0.15) is 0 Å². The van der Waals surface area contributed by atoms with Crippen LogP contribution in [0.5, 0.6) is 0 Å². The molecule has 12 aromatic rings. The fourth-order valence-corrected chi connectivity index (χ4v) is 8.63. The van der Waals surface area contributed by atoms with E-state index in [-0.39, 0.29) is 0 Å². The molecule has 0 atom stereocenters. The fraction of sp³-hybridized carbons (Fsp3) is 0. The minimum Gasteiger partial charge on any atom is -0.455 e. The van der Waals surface area contributed by atoms with Crippen LogP contribution in [-0.2, 0) is 0 Å². The molecular formula is C53H32N4O. The monoisotopic (exact) mass is 740 g/mol. The number of aromatic nitrogens is 4. The summed E-state index contributed by atoms with van der Waals surface area (Å²) >= 11 is 0. The first-order valence-electron chi connectivity index (χ1n) is 19.5. The summed E-state index contributed by atoms with van der Waals surface area (Å²) in [4.78, 5) is 15.2. The van der Waals surface area contributed by atoms with Crippen LogP contribution in [0.25, 0.3) is 116 Å². The molecular weight excluding hydrogens is 709 g/mol. The summed E-state index contributed by atoms with van der Waals surface area (Å²) in [6.07, 6.45) is 0. The van der Waals surface area contributed by atoms with E-state index in [9.17, 15) is 0 Å². The minimum absolute atomic E-state index is 0.581. The van der Waals surface area contributed by atoms with Gasteiger partial charge in [-0.15, -0.1) is 0 Å². The van der Waals surface area contributed by atoms with Crippen LogP contribution >= 0.6 is 0 Å². The summed E-state index contributed by atoms with van der Waals surface area (Å²) < 4.78 is 9.43. The van der Waals surface area contributed by atoms with Gasteiger partial charge in [0.25, 0.3) is 0 Å². The van der Waals surface area contributed by atoms with E-state index in [0.717, 1.165) is 71.9 Å². The molecule has 0 spiro atoms. The van der Waals surface area contributed by atoms with Gasteiger partial charge in [0.05, 0.1) is 22.1 Å². The molecule has 0 saturated heterocycles. The summed E-state index contributed by atoms with van der Waals surface area (Å²) in [5.41, 5.74) is 9.79. The normalized spacial score (nSPS) is 11.8. The van der Waals surface area contributed by atoms with Gasteiger partial charge in [-0.3, -0.25) is 0 Å². The highest BCUT2D eigenvalue weighted by Gasteiger charge is 2.22. The van der Waals surface area contributed by atoms with Crippen molar-refractivity contribution in [3.05, 3.63) is 194 Å². The van der Waals surface area contributed by atoms with Gasteiger partial charge in [-0.25, -0.2) is 15.0 Å². The Morgan fingerprint density at radius 1 is 0.362 bits per heavy atom. The van der Waals surface area contributed by atoms with Crippen LogP contribution in [0.2, 0.25) is 0 Å². The van der Waals surface area contributed by atoms with Crippen LogP contribution in [0.4, 0.5) is 0 Å². The van der Waals surface area contributed by atoms with Crippen LogP contribution in [0.3, 0.4) is 0 Å². The Bertz CT molecular complexity index is 3570. The lowest BCUT2D eigenvalue weighted by molar-refractivity contribution is 0.670. The number of rotatable bonds is 5. The van der Waals surface area contributed by atoms with Gasteiger partial charge in [0.1, 0.15) is 11.2 Å². The third-order valence-electron chi connectivity index (χ3n) is 11.4. The lowest BCUT2D eigenvalue weighted by Gasteiger charge is -2.12. The minimum atomic E-state index is 0.581. The number of para-hydroxylation sites is 1. The maximum Gasteiger partial charge on any atom is 0.164 e. The van der Waals surface area contributed by atoms with E-state index in [2.05, 4.69) is 162 Å². The number of furan rings is 1. The lowest BCUT2D eigenvalue weighted by atomic mass is 10.0. The highest BCUT2D eigenvalue weighted by Crippen LogP contribution is 2.44. The average Bonchev–Trinajstić information content (AvgIpc) is 3.84. The first-order valence-corrected chi connectivity index (χ1v) is 19.5. The standard InChI is InChI=1S/C53H32N4O/c1-3-14-34(15-4-1)41-27-28-46(57-45-22-12-11-21-42(45)44-30-37-19-9-10-20-38(37)31-47(44)57)49-43-26-25-40(32-48(43)58-50(41)49)53-55-51(35-16-5-2-6-17-35)54-52(56-53)39-24-23-33-13-7-8-18-36(33)29-39/h1-32H. The Balaban J connectivity index is 1.11. The second-order valence-electron chi connectivity index (χ2n) is 14.8. The van der Waals surface area contributed by atoms with Gasteiger partial charge in [0, 0.05) is 38.4 Å². The summed E-state index contributed by atoms with van der Waals surface area (Å²) in [5.74, 6) is 1.81. The lowest BCUT2D eigenvalue weighted by Crippen LogP contribution is -2.00. The number of fused-ring (bicyclic) bond motifs is 8. The van der Waals surface area contributed by atoms with Crippen molar-refractivity contribution < 1.29 is 4.42 Å². The maximum atomic E-state index is 7.03. The Morgan fingerprint density at radius 3 is 1.71 bits per heavy atom. The molecule has 9 aromatic carbocycles. The Kier molecular flexibility index (Phi) is 7.16. The Labute approximate surface area is 333 Å². The van der Waals surface area contributed by atoms with Crippen molar-refractivity contribution >= 4 is 65.3 Å². The smallest absolute Gasteiger partial charge is 0.164 e.